The lowest BCUT2D eigenvalue weighted by atomic mass is 10.1. The number of aryl methyl sites for hydroxylation is 3. The molecule has 0 saturated carbocycles. The molecule has 31 heavy (non-hydrogen) atoms. The molecule has 0 saturated heterocycles. The quantitative estimate of drug-likeness (QED) is 0.500. The topological polar surface area (TPSA) is 64.7 Å². The summed E-state index contributed by atoms with van der Waals surface area (Å²) in [5.74, 6) is 0.786. The summed E-state index contributed by atoms with van der Waals surface area (Å²) in [5.41, 5.74) is 3.56. The zero-order valence-electron chi connectivity index (χ0n) is 17.3. The second kappa shape index (κ2) is 7.57. The van der Waals surface area contributed by atoms with Gasteiger partial charge >= 0.3 is 0 Å². The number of fused-ring (bicyclic) bond motifs is 1. The zero-order chi connectivity index (χ0) is 21.5. The molecule has 4 aromatic rings. The molecule has 3 heterocycles. The normalized spacial score (nSPS) is 13.5. The van der Waals surface area contributed by atoms with Gasteiger partial charge in [-0.25, -0.2) is 23.1 Å². The predicted molar refractivity (Wildman–Crippen MR) is 112 cm³/mol. The van der Waals surface area contributed by atoms with Gasteiger partial charge in [0.05, 0.1) is 5.69 Å². The fourth-order valence-electron chi connectivity index (χ4n) is 3.95. The predicted octanol–water partition coefficient (Wildman–Crippen LogP) is 3.89. The first-order valence-corrected chi connectivity index (χ1v) is 10.1. The molecule has 2 aromatic carbocycles. The minimum Gasteiger partial charge on any atom is -0.310 e. The third-order valence-electron chi connectivity index (χ3n) is 5.32. The van der Waals surface area contributed by atoms with Crippen molar-refractivity contribution in [3.8, 4) is 5.69 Å². The van der Waals surface area contributed by atoms with Crippen molar-refractivity contribution in [3.63, 3.8) is 0 Å². The van der Waals surface area contributed by atoms with E-state index < -0.39 is 11.6 Å². The molecule has 0 amide bonds. The summed E-state index contributed by atoms with van der Waals surface area (Å²) in [6.45, 7) is 5.24. The van der Waals surface area contributed by atoms with Gasteiger partial charge in [-0.1, -0.05) is 12.1 Å². The van der Waals surface area contributed by atoms with Gasteiger partial charge in [-0.3, -0.25) is 0 Å². The Balaban J connectivity index is 1.42. The first-order chi connectivity index (χ1) is 15.0. The third-order valence-corrected chi connectivity index (χ3v) is 5.32. The fourth-order valence-corrected chi connectivity index (χ4v) is 3.95. The lowest BCUT2D eigenvalue weighted by Crippen LogP contribution is -2.28. The van der Waals surface area contributed by atoms with E-state index in [4.69, 9.17) is 0 Å². The van der Waals surface area contributed by atoms with E-state index in [0.29, 0.717) is 30.4 Å². The van der Waals surface area contributed by atoms with Gasteiger partial charge in [0.1, 0.15) is 23.8 Å². The first kappa shape index (κ1) is 19.3. The van der Waals surface area contributed by atoms with E-state index in [0.717, 1.165) is 41.7 Å². The average molecular weight is 421 g/mol. The highest BCUT2D eigenvalue weighted by Crippen LogP contribution is 2.29. The molecule has 0 aliphatic carbocycles. The zero-order valence-corrected chi connectivity index (χ0v) is 17.3. The average Bonchev–Trinajstić information content (AvgIpc) is 3.32. The molecule has 0 N–H and O–H groups in total. The van der Waals surface area contributed by atoms with Gasteiger partial charge in [0.25, 0.3) is 0 Å². The van der Waals surface area contributed by atoms with Crippen LogP contribution in [-0.4, -0.2) is 36.1 Å². The van der Waals surface area contributed by atoms with Crippen LogP contribution >= 0.6 is 0 Å². The Hall–Kier alpha value is -3.62. The molecule has 0 unspecified atom stereocenters. The van der Waals surface area contributed by atoms with E-state index in [9.17, 15) is 8.78 Å². The van der Waals surface area contributed by atoms with Gasteiger partial charge in [-0.2, -0.15) is 15.2 Å². The van der Waals surface area contributed by atoms with Crippen LogP contribution < -0.4 is 4.90 Å². The maximum atomic E-state index is 13.7. The summed E-state index contributed by atoms with van der Waals surface area (Å²) in [6, 6.07) is 9.64. The third kappa shape index (κ3) is 3.78. The maximum absolute atomic E-state index is 13.7. The van der Waals surface area contributed by atoms with Gasteiger partial charge in [0, 0.05) is 31.3 Å². The van der Waals surface area contributed by atoms with Crippen molar-refractivity contribution in [1.29, 1.82) is 0 Å². The lowest BCUT2D eigenvalue weighted by molar-refractivity contribution is 0.533. The van der Waals surface area contributed by atoms with Crippen LogP contribution in [0.4, 0.5) is 20.4 Å². The summed E-state index contributed by atoms with van der Waals surface area (Å²) < 4.78 is 31.0. The van der Waals surface area contributed by atoms with Crippen LogP contribution in [0.5, 0.6) is 0 Å². The van der Waals surface area contributed by atoms with Gasteiger partial charge in [0.2, 0.25) is 5.95 Å². The second-order valence-corrected chi connectivity index (χ2v) is 7.72. The van der Waals surface area contributed by atoms with Crippen molar-refractivity contribution < 1.29 is 8.78 Å². The van der Waals surface area contributed by atoms with Crippen molar-refractivity contribution in [2.45, 2.75) is 33.2 Å². The van der Waals surface area contributed by atoms with Crippen molar-refractivity contribution in [2.24, 2.45) is 0 Å². The minimum absolute atomic E-state index is 0.445. The van der Waals surface area contributed by atoms with Gasteiger partial charge in [-0.15, -0.1) is 0 Å². The van der Waals surface area contributed by atoms with Crippen LogP contribution in [0.25, 0.3) is 5.69 Å². The molecule has 2 aromatic heterocycles. The molecule has 1 aliphatic heterocycles. The number of rotatable bonds is 4. The fraction of sp³-hybridized carbons (Fsp3) is 0.273. The second-order valence-electron chi connectivity index (χ2n) is 7.72. The number of benzene rings is 2. The molecule has 0 bridgehead atoms. The van der Waals surface area contributed by atoms with E-state index in [2.05, 4.69) is 26.2 Å². The van der Waals surface area contributed by atoms with E-state index >= 15 is 0 Å². The smallest absolute Gasteiger partial charge is 0.228 e. The van der Waals surface area contributed by atoms with E-state index in [-0.39, 0.29) is 0 Å². The van der Waals surface area contributed by atoms with Crippen LogP contribution in [0.2, 0.25) is 0 Å². The number of nitrogens with zero attached hydrogens (tertiary/aromatic N) is 7. The van der Waals surface area contributed by atoms with Crippen molar-refractivity contribution in [1.82, 2.24) is 29.5 Å². The van der Waals surface area contributed by atoms with Crippen LogP contribution in [0.15, 0.2) is 42.7 Å². The highest BCUT2D eigenvalue weighted by atomic mass is 19.1. The molecule has 0 spiro atoms. The summed E-state index contributed by atoms with van der Waals surface area (Å²) in [6.07, 6.45) is 3.08. The molecule has 0 fully saturated rings. The SMILES string of the molecule is Cc1ncn(-c2ccc(Cc3nc4n(n3)CCCN4c3cc(F)cc(F)c3)cc2C)n1. The molecule has 158 valence electrons. The van der Waals surface area contributed by atoms with Crippen LogP contribution in [0.1, 0.15) is 29.2 Å². The highest BCUT2D eigenvalue weighted by Gasteiger charge is 2.23. The van der Waals surface area contributed by atoms with Crippen molar-refractivity contribution in [3.05, 3.63) is 77.1 Å². The minimum atomic E-state index is -0.606. The maximum Gasteiger partial charge on any atom is 0.228 e. The summed E-state index contributed by atoms with van der Waals surface area (Å²) >= 11 is 0. The Labute approximate surface area is 178 Å². The van der Waals surface area contributed by atoms with Gasteiger partial charge in [-0.05, 0) is 49.6 Å². The Morgan fingerprint density at radius 1 is 0.968 bits per heavy atom. The number of halogens is 2. The molecule has 7 nitrogen and oxygen atoms in total. The Morgan fingerprint density at radius 3 is 2.48 bits per heavy atom. The number of aromatic nitrogens is 6. The molecule has 0 atom stereocenters. The van der Waals surface area contributed by atoms with Gasteiger partial charge < -0.3 is 4.90 Å². The van der Waals surface area contributed by atoms with Crippen molar-refractivity contribution in [2.75, 3.05) is 11.4 Å². The summed E-state index contributed by atoms with van der Waals surface area (Å²) in [4.78, 5) is 10.7. The Morgan fingerprint density at radius 2 is 1.77 bits per heavy atom. The lowest BCUT2D eigenvalue weighted by Gasteiger charge is -2.27. The molecule has 5 rings (SSSR count). The standard InChI is InChI=1S/C22H21F2N7/c1-14-8-16(4-5-20(14)31-13-25-15(2)27-31)9-21-26-22-29(6-3-7-30(22)28-21)19-11-17(23)10-18(24)12-19/h4-5,8,10-13H,3,6-7,9H2,1-2H3. The van der Waals surface area contributed by atoms with E-state index in [1.54, 1.807) is 15.7 Å². The summed E-state index contributed by atoms with van der Waals surface area (Å²) in [7, 11) is 0. The molecule has 9 heteroatoms. The van der Waals surface area contributed by atoms with Crippen molar-refractivity contribution >= 4 is 11.6 Å². The van der Waals surface area contributed by atoms with Crippen LogP contribution in [0.3, 0.4) is 0 Å². The monoisotopic (exact) mass is 421 g/mol. The molecular formula is C22H21F2N7. The van der Waals surface area contributed by atoms with Crippen LogP contribution in [0, 0.1) is 25.5 Å². The molecule has 1 aliphatic rings. The number of hydrogen-bond acceptors (Lipinski definition) is 5. The Bertz CT molecular complexity index is 1240. The van der Waals surface area contributed by atoms with E-state index in [1.807, 2.05) is 30.9 Å². The summed E-state index contributed by atoms with van der Waals surface area (Å²) in [5, 5.41) is 9.00. The first-order valence-electron chi connectivity index (χ1n) is 10.1. The number of hydrogen-bond donors (Lipinski definition) is 0. The largest absolute Gasteiger partial charge is 0.310 e. The molecule has 0 radical (unpaired) electrons. The van der Waals surface area contributed by atoms with E-state index in [1.165, 1.54) is 12.1 Å². The van der Waals surface area contributed by atoms with Crippen LogP contribution in [-0.2, 0) is 13.0 Å². The van der Waals surface area contributed by atoms with Gasteiger partial charge in [0.15, 0.2) is 5.82 Å². The molecular weight excluding hydrogens is 400 g/mol. The highest BCUT2D eigenvalue weighted by molar-refractivity contribution is 5.58. The Kier molecular flexibility index (Phi) is 4.72. The number of anilines is 2.